The fraction of sp³-hybridized carbons (Fsp3) is 0.385. The highest BCUT2D eigenvalue weighted by Gasteiger charge is 2.36. The minimum atomic E-state index is -3.62. The van der Waals surface area contributed by atoms with Crippen molar-refractivity contribution < 1.29 is 13.2 Å². The van der Waals surface area contributed by atoms with E-state index in [1.165, 1.54) is 21.7 Å². The summed E-state index contributed by atoms with van der Waals surface area (Å²) in [5.74, 6) is 0.446. The second-order valence-electron chi connectivity index (χ2n) is 4.89. The van der Waals surface area contributed by atoms with Gasteiger partial charge < -0.3 is 9.72 Å². The fourth-order valence-electron chi connectivity index (χ4n) is 2.41. The number of aromatic amines is 1. The first-order valence-corrected chi connectivity index (χ1v) is 9.01. The lowest BCUT2D eigenvalue weighted by Crippen LogP contribution is -2.43. The number of H-pyrrole nitrogens is 1. The highest BCUT2D eigenvalue weighted by molar-refractivity contribution is 7.91. The van der Waals surface area contributed by atoms with Crippen LogP contribution in [0.15, 0.2) is 32.6 Å². The van der Waals surface area contributed by atoms with Crippen LogP contribution in [-0.4, -0.2) is 42.4 Å². The summed E-state index contributed by atoms with van der Waals surface area (Å²) in [6.45, 7) is 2.40. The molecule has 3 heterocycles. The molecular formula is C13H15N3O4S2. The fourth-order valence-corrected chi connectivity index (χ4v) is 5.10. The van der Waals surface area contributed by atoms with Crippen molar-refractivity contribution in [2.75, 3.05) is 19.8 Å². The Morgan fingerprint density at radius 2 is 2.32 bits per heavy atom. The maximum Gasteiger partial charge on any atom is 0.253 e. The summed E-state index contributed by atoms with van der Waals surface area (Å²) in [6, 6.07) is 4.00. The average molecular weight is 341 g/mol. The number of morpholine rings is 1. The third-order valence-electron chi connectivity index (χ3n) is 3.36. The molecule has 2 aromatic heterocycles. The van der Waals surface area contributed by atoms with Gasteiger partial charge in [0.05, 0.1) is 24.9 Å². The Morgan fingerprint density at radius 1 is 1.50 bits per heavy atom. The lowest BCUT2D eigenvalue weighted by atomic mass is 10.2. The van der Waals surface area contributed by atoms with E-state index in [-0.39, 0.29) is 22.9 Å². The molecule has 0 aliphatic carbocycles. The standard InChI is InChI=1S/C13H15N3O4S2/c1-9-14-10(7-12(17)15-9)11-8-20-5-4-16(11)22(18,19)13-3-2-6-21-13/h2-3,6-7,11H,4-5,8H2,1H3,(H,14,15,17). The van der Waals surface area contributed by atoms with Gasteiger partial charge in [-0.05, 0) is 18.4 Å². The van der Waals surface area contributed by atoms with Gasteiger partial charge in [-0.2, -0.15) is 4.31 Å². The summed E-state index contributed by atoms with van der Waals surface area (Å²) < 4.78 is 32.6. The van der Waals surface area contributed by atoms with Crippen molar-refractivity contribution in [1.82, 2.24) is 14.3 Å². The van der Waals surface area contributed by atoms with Crippen LogP contribution in [0, 0.1) is 6.92 Å². The van der Waals surface area contributed by atoms with E-state index in [0.717, 1.165) is 0 Å². The van der Waals surface area contributed by atoms with E-state index in [1.807, 2.05) is 0 Å². The second kappa shape index (κ2) is 5.92. The van der Waals surface area contributed by atoms with Crippen LogP contribution < -0.4 is 5.56 Å². The molecule has 7 nitrogen and oxygen atoms in total. The van der Waals surface area contributed by atoms with Crippen LogP contribution in [0.2, 0.25) is 0 Å². The van der Waals surface area contributed by atoms with Crippen molar-refractivity contribution >= 4 is 21.4 Å². The molecule has 1 unspecified atom stereocenters. The molecule has 0 bridgehead atoms. The molecular weight excluding hydrogens is 326 g/mol. The summed E-state index contributed by atoms with van der Waals surface area (Å²) in [5, 5.41) is 1.72. The van der Waals surface area contributed by atoms with E-state index in [1.54, 1.807) is 24.4 Å². The molecule has 1 aliphatic rings. The van der Waals surface area contributed by atoms with Gasteiger partial charge in [0.1, 0.15) is 10.0 Å². The molecule has 118 valence electrons. The summed E-state index contributed by atoms with van der Waals surface area (Å²) >= 11 is 1.17. The van der Waals surface area contributed by atoms with Gasteiger partial charge in [-0.3, -0.25) is 4.79 Å². The zero-order chi connectivity index (χ0) is 15.7. The van der Waals surface area contributed by atoms with Crippen LogP contribution in [0.4, 0.5) is 0 Å². The predicted molar refractivity (Wildman–Crippen MR) is 81.4 cm³/mol. The summed E-state index contributed by atoms with van der Waals surface area (Å²) in [5.41, 5.74) is 0.0997. The van der Waals surface area contributed by atoms with Crippen LogP contribution in [0.5, 0.6) is 0 Å². The van der Waals surface area contributed by atoms with E-state index < -0.39 is 16.1 Å². The van der Waals surface area contributed by atoms with Crippen molar-refractivity contribution in [1.29, 1.82) is 0 Å². The Kier molecular flexibility index (Phi) is 4.13. The molecule has 0 radical (unpaired) electrons. The maximum atomic E-state index is 12.8. The van der Waals surface area contributed by atoms with E-state index in [0.29, 0.717) is 18.1 Å². The highest BCUT2D eigenvalue weighted by Crippen LogP contribution is 2.30. The second-order valence-corrected chi connectivity index (χ2v) is 7.96. The minimum absolute atomic E-state index is 0.181. The molecule has 0 saturated carbocycles. The lowest BCUT2D eigenvalue weighted by Gasteiger charge is -2.33. The molecule has 9 heteroatoms. The molecule has 1 atom stereocenters. The van der Waals surface area contributed by atoms with E-state index in [2.05, 4.69) is 9.97 Å². The van der Waals surface area contributed by atoms with Crippen LogP contribution >= 0.6 is 11.3 Å². The number of hydrogen-bond acceptors (Lipinski definition) is 6. The first kappa shape index (κ1) is 15.3. The van der Waals surface area contributed by atoms with Crippen molar-refractivity contribution in [2.45, 2.75) is 17.2 Å². The van der Waals surface area contributed by atoms with Gasteiger partial charge in [-0.15, -0.1) is 11.3 Å². The summed E-state index contributed by atoms with van der Waals surface area (Å²) in [6.07, 6.45) is 0. The van der Waals surface area contributed by atoms with Gasteiger partial charge in [0.2, 0.25) is 0 Å². The van der Waals surface area contributed by atoms with Gasteiger partial charge in [0.15, 0.2) is 0 Å². The Balaban J connectivity index is 2.03. The molecule has 1 aliphatic heterocycles. The SMILES string of the molecule is Cc1nc(C2COCCN2S(=O)(=O)c2cccs2)cc(=O)[nH]1. The zero-order valence-corrected chi connectivity index (χ0v) is 13.5. The van der Waals surface area contributed by atoms with E-state index >= 15 is 0 Å². The van der Waals surface area contributed by atoms with Crippen LogP contribution in [-0.2, 0) is 14.8 Å². The van der Waals surface area contributed by atoms with Gasteiger partial charge >= 0.3 is 0 Å². The molecule has 1 fully saturated rings. The third-order valence-corrected chi connectivity index (χ3v) is 6.64. The predicted octanol–water partition coefficient (Wildman–Crippen LogP) is 0.902. The number of ether oxygens (including phenoxy) is 1. The number of rotatable bonds is 3. The van der Waals surface area contributed by atoms with Crippen LogP contribution in [0.1, 0.15) is 17.6 Å². The van der Waals surface area contributed by atoms with E-state index in [9.17, 15) is 13.2 Å². The minimum Gasteiger partial charge on any atom is -0.378 e. The highest BCUT2D eigenvalue weighted by atomic mass is 32.2. The number of aromatic nitrogens is 2. The molecule has 1 N–H and O–H groups in total. The van der Waals surface area contributed by atoms with Gasteiger partial charge in [-0.25, -0.2) is 13.4 Å². The number of nitrogens with zero attached hydrogens (tertiary/aromatic N) is 2. The Bertz CT molecular complexity index is 814. The summed E-state index contributed by atoms with van der Waals surface area (Å²) in [4.78, 5) is 18.5. The quantitative estimate of drug-likeness (QED) is 0.895. The zero-order valence-electron chi connectivity index (χ0n) is 11.9. The number of aryl methyl sites for hydroxylation is 1. The average Bonchev–Trinajstić information content (AvgIpc) is 3.01. The van der Waals surface area contributed by atoms with Crippen molar-refractivity contribution in [3.05, 3.63) is 45.5 Å². The number of sulfonamides is 1. The molecule has 3 rings (SSSR count). The summed E-state index contributed by atoms with van der Waals surface area (Å²) in [7, 11) is -3.62. The first-order chi connectivity index (χ1) is 10.5. The molecule has 2 aromatic rings. The van der Waals surface area contributed by atoms with Crippen LogP contribution in [0.25, 0.3) is 0 Å². The number of nitrogens with one attached hydrogen (secondary N) is 1. The first-order valence-electron chi connectivity index (χ1n) is 6.69. The maximum absolute atomic E-state index is 12.8. The van der Waals surface area contributed by atoms with Crippen molar-refractivity contribution in [3.63, 3.8) is 0 Å². The Hall–Kier alpha value is -1.55. The molecule has 0 spiro atoms. The smallest absolute Gasteiger partial charge is 0.253 e. The molecule has 0 amide bonds. The molecule has 0 aromatic carbocycles. The topological polar surface area (TPSA) is 92.4 Å². The van der Waals surface area contributed by atoms with Gasteiger partial charge in [-0.1, -0.05) is 6.07 Å². The van der Waals surface area contributed by atoms with Crippen molar-refractivity contribution in [2.24, 2.45) is 0 Å². The molecule has 22 heavy (non-hydrogen) atoms. The lowest BCUT2D eigenvalue weighted by molar-refractivity contribution is 0.0305. The largest absolute Gasteiger partial charge is 0.378 e. The Labute approximate surface area is 131 Å². The number of hydrogen-bond donors (Lipinski definition) is 1. The Morgan fingerprint density at radius 3 is 3.00 bits per heavy atom. The van der Waals surface area contributed by atoms with Crippen LogP contribution in [0.3, 0.4) is 0 Å². The molecule has 1 saturated heterocycles. The van der Waals surface area contributed by atoms with Gasteiger partial charge in [0.25, 0.3) is 15.6 Å². The normalized spacial score (nSPS) is 20.1. The number of thiophene rings is 1. The monoisotopic (exact) mass is 341 g/mol. The van der Waals surface area contributed by atoms with E-state index in [4.69, 9.17) is 4.74 Å². The van der Waals surface area contributed by atoms with Crippen molar-refractivity contribution in [3.8, 4) is 0 Å². The third kappa shape index (κ3) is 2.84. The van der Waals surface area contributed by atoms with Gasteiger partial charge in [0, 0.05) is 12.6 Å².